The van der Waals surface area contributed by atoms with Gasteiger partial charge in [-0.3, -0.25) is 9.48 Å². The summed E-state index contributed by atoms with van der Waals surface area (Å²) in [6.07, 6.45) is -2.89. The summed E-state index contributed by atoms with van der Waals surface area (Å²) in [6, 6.07) is 2.25. The van der Waals surface area contributed by atoms with Gasteiger partial charge >= 0.3 is 6.18 Å². The molecule has 0 unspecified atom stereocenters. The standard InChI is InChI=1S/C19H19F5N4O3S/c1-32(30,31)13-6-12(4-5-25-13)26-17(29)16-14(19(22,23)24)15(11-2-3-11)27-28(16)9-10-7-18(20,21)8-10/h4-6,10-11H,2-3,7-9H2,1H3,(H,25,26,29). The van der Waals surface area contributed by atoms with Crippen molar-refractivity contribution in [1.29, 1.82) is 0 Å². The zero-order valence-electron chi connectivity index (χ0n) is 16.8. The maximum absolute atomic E-state index is 13.9. The summed E-state index contributed by atoms with van der Waals surface area (Å²) >= 11 is 0. The highest BCUT2D eigenvalue weighted by Gasteiger charge is 2.49. The van der Waals surface area contributed by atoms with Crippen molar-refractivity contribution in [2.24, 2.45) is 5.92 Å². The van der Waals surface area contributed by atoms with Crippen LogP contribution in [0.5, 0.6) is 0 Å². The van der Waals surface area contributed by atoms with Gasteiger partial charge in [-0.2, -0.15) is 18.3 Å². The molecule has 32 heavy (non-hydrogen) atoms. The molecule has 2 saturated carbocycles. The fourth-order valence-electron chi connectivity index (χ4n) is 3.80. The van der Waals surface area contributed by atoms with E-state index in [4.69, 9.17) is 0 Å². The summed E-state index contributed by atoms with van der Waals surface area (Å²) in [7, 11) is -3.72. The Labute approximate surface area is 179 Å². The summed E-state index contributed by atoms with van der Waals surface area (Å²) in [5.41, 5.74) is -2.29. The van der Waals surface area contributed by atoms with E-state index in [9.17, 15) is 35.2 Å². The summed E-state index contributed by atoms with van der Waals surface area (Å²) in [6.45, 7) is -0.251. The third-order valence-corrected chi connectivity index (χ3v) is 6.40. The van der Waals surface area contributed by atoms with E-state index in [1.807, 2.05) is 0 Å². The average Bonchev–Trinajstić information content (AvgIpc) is 3.40. The normalized spacial score (nSPS) is 18.9. The van der Waals surface area contributed by atoms with E-state index in [1.165, 1.54) is 6.07 Å². The number of amides is 1. The lowest BCUT2D eigenvalue weighted by molar-refractivity contribution is -0.138. The summed E-state index contributed by atoms with van der Waals surface area (Å²) in [5.74, 6) is -5.08. The van der Waals surface area contributed by atoms with Crippen LogP contribution in [0.3, 0.4) is 0 Å². The van der Waals surface area contributed by atoms with Gasteiger partial charge < -0.3 is 5.32 Å². The van der Waals surface area contributed by atoms with Gasteiger partial charge in [0.25, 0.3) is 5.91 Å². The summed E-state index contributed by atoms with van der Waals surface area (Å²) < 4.78 is 92.5. The molecular weight excluding hydrogens is 459 g/mol. The number of nitrogens with one attached hydrogen (secondary N) is 1. The molecule has 13 heteroatoms. The van der Waals surface area contributed by atoms with Crippen molar-refractivity contribution in [2.45, 2.75) is 55.3 Å². The van der Waals surface area contributed by atoms with Gasteiger partial charge in [-0.15, -0.1) is 0 Å². The molecule has 0 saturated heterocycles. The highest BCUT2D eigenvalue weighted by atomic mass is 32.2. The van der Waals surface area contributed by atoms with Gasteiger partial charge in [0.05, 0.1) is 5.69 Å². The summed E-state index contributed by atoms with van der Waals surface area (Å²) in [4.78, 5) is 16.6. The zero-order valence-corrected chi connectivity index (χ0v) is 17.6. The number of carbonyl (C=O) groups is 1. The number of hydrogen-bond donors (Lipinski definition) is 1. The molecule has 0 aliphatic heterocycles. The molecule has 4 rings (SSSR count). The van der Waals surface area contributed by atoms with Crippen LogP contribution < -0.4 is 5.32 Å². The van der Waals surface area contributed by atoms with E-state index in [0.29, 0.717) is 12.8 Å². The lowest BCUT2D eigenvalue weighted by atomic mass is 9.81. The molecule has 2 fully saturated rings. The number of pyridine rings is 1. The third-order valence-electron chi connectivity index (χ3n) is 5.42. The van der Waals surface area contributed by atoms with Crippen molar-refractivity contribution >= 4 is 21.4 Å². The highest BCUT2D eigenvalue weighted by molar-refractivity contribution is 7.90. The topological polar surface area (TPSA) is 94.0 Å². The molecule has 2 heterocycles. The largest absolute Gasteiger partial charge is 0.420 e. The van der Waals surface area contributed by atoms with Crippen LogP contribution in [0.2, 0.25) is 0 Å². The summed E-state index contributed by atoms with van der Waals surface area (Å²) in [5, 5.41) is 5.91. The van der Waals surface area contributed by atoms with Crippen LogP contribution >= 0.6 is 0 Å². The smallest absolute Gasteiger partial charge is 0.320 e. The van der Waals surface area contributed by atoms with Gasteiger partial charge in [0.1, 0.15) is 11.3 Å². The Hall–Kier alpha value is -2.57. The molecule has 0 spiro atoms. The van der Waals surface area contributed by atoms with Crippen LogP contribution in [0.1, 0.15) is 53.3 Å². The van der Waals surface area contributed by atoms with Crippen LogP contribution in [-0.4, -0.2) is 41.3 Å². The number of sulfone groups is 1. The molecule has 0 atom stereocenters. The Bertz CT molecular complexity index is 1160. The van der Waals surface area contributed by atoms with Crippen LogP contribution in [0.25, 0.3) is 0 Å². The first-order chi connectivity index (χ1) is 14.7. The van der Waals surface area contributed by atoms with Gasteiger partial charge in [0.2, 0.25) is 5.92 Å². The van der Waals surface area contributed by atoms with Crippen LogP contribution in [0.15, 0.2) is 23.4 Å². The zero-order chi connectivity index (χ0) is 23.5. The SMILES string of the molecule is CS(=O)(=O)c1cc(NC(=O)c2c(C(F)(F)F)c(C3CC3)nn2CC2CC(F)(F)C2)ccn1. The van der Waals surface area contributed by atoms with Crippen LogP contribution in [0, 0.1) is 5.92 Å². The molecule has 0 radical (unpaired) electrons. The molecule has 2 aromatic heterocycles. The van der Waals surface area contributed by atoms with Crippen molar-refractivity contribution in [2.75, 3.05) is 11.6 Å². The molecule has 7 nitrogen and oxygen atoms in total. The Balaban J connectivity index is 1.71. The number of carbonyl (C=O) groups excluding carboxylic acids is 1. The lowest BCUT2D eigenvalue weighted by Gasteiger charge is -2.35. The van der Waals surface area contributed by atoms with E-state index in [0.717, 1.165) is 23.2 Å². The second kappa shape index (κ2) is 7.49. The number of aromatic nitrogens is 3. The van der Waals surface area contributed by atoms with E-state index in [1.54, 1.807) is 0 Å². The minimum absolute atomic E-state index is 0.0746. The maximum Gasteiger partial charge on any atom is 0.420 e. The number of halogens is 5. The molecule has 1 N–H and O–H groups in total. The number of anilines is 1. The molecule has 1 amide bonds. The number of hydrogen-bond acceptors (Lipinski definition) is 5. The maximum atomic E-state index is 13.9. The Morgan fingerprint density at radius 1 is 1.28 bits per heavy atom. The molecule has 174 valence electrons. The highest BCUT2D eigenvalue weighted by Crippen LogP contribution is 2.48. The Morgan fingerprint density at radius 2 is 1.94 bits per heavy atom. The Morgan fingerprint density at radius 3 is 2.47 bits per heavy atom. The number of rotatable bonds is 6. The van der Waals surface area contributed by atoms with Crippen molar-refractivity contribution in [3.05, 3.63) is 35.3 Å². The number of alkyl halides is 5. The van der Waals surface area contributed by atoms with Gasteiger partial charge in [-0.25, -0.2) is 22.2 Å². The monoisotopic (exact) mass is 478 g/mol. The van der Waals surface area contributed by atoms with Crippen molar-refractivity contribution in [3.63, 3.8) is 0 Å². The fraction of sp³-hybridized carbons (Fsp3) is 0.526. The van der Waals surface area contributed by atoms with Crippen molar-refractivity contribution < 1.29 is 35.2 Å². The molecule has 2 aromatic rings. The molecule has 2 aliphatic carbocycles. The van der Waals surface area contributed by atoms with Crippen molar-refractivity contribution in [1.82, 2.24) is 14.8 Å². The predicted molar refractivity (Wildman–Crippen MR) is 102 cm³/mol. The molecular formula is C19H19F5N4O3S. The first-order valence-corrected chi connectivity index (χ1v) is 11.7. The second-order valence-corrected chi connectivity index (χ2v) is 10.3. The van der Waals surface area contributed by atoms with Gasteiger partial charge in [-0.1, -0.05) is 0 Å². The van der Waals surface area contributed by atoms with E-state index < -0.39 is 63.8 Å². The lowest BCUT2D eigenvalue weighted by Crippen LogP contribution is -2.38. The van der Waals surface area contributed by atoms with Gasteiger partial charge in [-0.05, 0) is 30.9 Å². The van der Waals surface area contributed by atoms with E-state index in [-0.39, 0.29) is 23.0 Å². The first kappa shape index (κ1) is 22.6. The first-order valence-electron chi connectivity index (χ1n) is 9.78. The van der Waals surface area contributed by atoms with Crippen LogP contribution in [-0.2, 0) is 22.6 Å². The predicted octanol–water partition coefficient (Wildman–Crippen LogP) is 3.88. The minimum Gasteiger partial charge on any atom is -0.320 e. The third kappa shape index (κ3) is 4.62. The molecule has 2 aliphatic rings. The quantitative estimate of drug-likeness (QED) is 0.636. The minimum atomic E-state index is -4.89. The van der Waals surface area contributed by atoms with Gasteiger partial charge in [0, 0.05) is 43.4 Å². The Kier molecular flexibility index (Phi) is 5.30. The number of nitrogens with zero attached hydrogens (tertiary/aromatic N) is 3. The second-order valence-electron chi connectivity index (χ2n) is 8.30. The van der Waals surface area contributed by atoms with Crippen LogP contribution in [0.4, 0.5) is 27.6 Å². The van der Waals surface area contributed by atoms with E-state index >= 15 is 0 Å². The molecule has 0 bridgehead atoms. The van der Waals surface area contributed by atoms with E-state index in [2.05, 4.69) is 15.4 Å². The molecule has 0 aromatic carbocycles. The fourth-order valence-corrected chi connectivity index (χ4v) is 4.40. The average molecular weight is 478 g/mol. The van der Waals surface area contributed by atoms with Gasteiger partial charge in [0.15, 0.2) is 14.9 Å². The van der Waals surface area contributed by atoms with Crippen molar-refractivity contribution in [3.8, 4) is 0 Å².